The average molecular weight is 352 g/mol. The van der Waals surface area contributed by atoms with Crippen LogP contribution in [0, 0.1) is 0 Å². The molecule has 0 fully saturated rings. The zero-order valence-corrected chi connectivity index (χ0v) is 12.5. The van der Waals surface area contributed by atoms with Gasteiger partial charge in [0, 0.05) is 17.3 Å². The highest BCUT2D eigenvalue weighted by Crippen LogP contribution is 2.28. The molecule has 0 radical (unpaired) electrons. The second-order valence-electron chi connectivity index (χ2n) is 4.37. The van der Waals surface area contributed by atoms with Crippen LogP contribution in [0.4, 0.5) is 13.2 Å². The van der Waals surface area contributed by atoms with Crippen molar-refractivity contribution in [2.24, 2.45) is 0 Å². The molecule has 118 valence electrons. The van der Waals surface area contributed by atoms with Gasteiger partial charge in [-0.15, -0.1) is 0 Å². The Morgan fingerprint density at radius 2 is 1.86 bits per heavy atom. The number of nitrogens with zero attached hydrogens (tertiary/aromatic N) is 1. The van der Waals surface area contributed by atoms with E-state index in [9.17, 15) is 18.0 Å². The molecular weight excluding hydrogens is 342 g/mol. The molecule has 1 aromatic heterocycles. The van der Waals surface area contributed by atoms with Gasteiger partial charge in [0.2, 0.25) is 0 Å². The fourth-order valence-electron chi connectivity index (χ4n) is 1.72. The molecule has 0 saturated heterocycles. The molecule has 0 spiro atoms. The number of hydrogen-bond donors (Lipinski definition) is 0. The quantitative estimate of drug-likeness (QED) is 0.824. The monoisotopic (exact) mass is 351 g/mol. The van der Waals surface area contributed by atoms with Crippen LogP contribution in [0.5, 0.6) is 5.75 Å². The van der Waals surface area contributed by atoms with Crippen molar-refractivity contribution in [1.82, 2.24) is 4.57 Å². The maximum atomic E-state index is 12.6. The van der Waals surface area contributed by atoms with Gasteiger partial charge in [-0.3, -0.25) is 4.79 Å². The zero-order chi connectivity index (χ0) is 16.3. The third-order valence-electron chi connectivity index (χ3n) is 2.79. The number of halogens is 5. The van der Waals surface area contributed by atoms with Gasteiger partial charge in [-0.05, 0) is 24.3 Å². The lowest BCUT2D eigenvalue weighted by molar-refractivity contribution is -0.138. The van der Waals surface area contributed by atoms with E-state index in [0.717, 1.165) is 22.9 Å². The molecule has 0 bridgehead atoms. The van der Waals surface area contributed by atoms with Crippen LogP contribution in [0.2, 0.25) is 10.0 Å². The predicted molar refractivity (Wildman–Crippen MR) is 77.7 cm³/mol. The lowest BCUT2D eigenvalue weighted by Gasteiger charge is -2.12. The Kier molecular flexibility index (Phi) is 5.03. The summed E-state index contributed by atoms with van der Waals surface area (Å²) in [6.45, 7) is -0.0513. The van der Waals surface area contributed by atoms with E-state index >= 15 is 0 Å². The van der Waals surface area contributed by atoms with Gasteiger partial charge in [-0.25, -0.2) is 0 Å². The standard InChI is InChI=1S/C14H10Cl2F3NO2/c15-10-2-3-12(11(16)7-10)22-6-5-20-8-9(14(17,18)19)1-4-13(20)21/h1-4,7-8H,5-6H2. The molecule has 0 saturated carbocycles. The predicted octanol–water partition coefficient (Wildman–Crippen LogP) is 4.25. The summed E-state index contributed by atoms with van der Waals surface area (Å²) >= 11 is 11.6. The first kappa shape index (κ1) is 16.7. The molecule has 1 heterocycles. The van der Waals surface area contributed by atoms with Crippen molar-refractivity contribution in [3.63, 3.8) is 0 Å². The van der Waals surface area contributed by atoms with Gasteiger partial charge in [-0.2, -0.15) is 13.2 Å². The van der Waals surface area contributed by atoms with Crippen molar-refractivity contribution in [3.8, 4) is 5.75 Å². The van der Waals surface area contributed by atoms with E-state index < -0.39 is 17.3 Å². The second kappa shape index (κ2) is 6.62. The summed E-state index contributed by atoms with van der Waals surface area (Å²) in [4.78, 5) is 11.5. The van der Waals surface area contributed by atoms with E-state index in [-0.39, 0.29) is 18.2 Å². The molecule has 0 N–H and O–H groups in total. The Morgan fingerprint density at radius 1 is 1.14 bits per heavy atom. The number of benzene rings is 1. The summed E-state index contributed by atoms with van der Waals surface area (Å²) in [7, 11) is 0. The van der Waals surface area contributed by atoms with Gasteiger partial charge in [0.1, 0.15) is 12.4 Å². The van der Waals surface area contributed by atoms with Crippen molar-refractivity contribution >= 4 is 23.2 Å². The Labute approximate surface area is 133 Å². The number of aromatic nitrogens is 1. The first-order valence-corrected chi connectivity index (χ1v) is 6.88. The summed E-state index contributed by atoms with van der Waals surface area (Å²) < 4.78 is 44.1. The Bertz CT molecular complexity index is 729. The SMILES string of the molecule is O=c1ccc(C(F)(F)F)cn1CCOc1ccc(Cl)cc1Cl. The molecule has 0 amide bonds. The first-order chi connectivity index (χ1) is 10.3. The molecule has 0 aliphatic rings. The highest BCUT2D eigenvalue weighted by Gasteiger charge is 2.30. The largest absolute Gasteiger partial charge is 0.490 e. The number of alkyl halides is 3. The highest BCUT2D eigenvalue weighted by molar-refractivity contribution is 6.35. The summed E-state index contributed by atoms with van der Waals surface area (Å²) in [5.41, 5.74) is -1.43. The third-order valence-corrected chi connectivity index (χ3v) is 3.32. The van der Waals surface area contributed by atoms with E-state index in [2.05, 4.69) is 0 Å². The van der Waals surface area contributed by atoms with E-state index in [1.54, 1.807) is 12.1 Å². The van der Waals surface area contributed by atoms with Gasteiger partial charge < -0.3 is 9.30 Å². The number of rotatable bonds is 4. The molecular formula is C14H10Cl2F3NO2. The molecule has 0 aliphatic carbocycles. The molecule has 1 aromatic carbocycles. The topological polar surface area (TPSA) is 31.2 Å². The fourth-order valence-corrected chi connectivity index (χ4v) is 2.18. The minimum atomic E-state index is -4.50. The number of ether oxygens (including phenoxy) is 1. The van der Waals surface area contributed by atoms with Crippen LogP contribution in [0.15, 0.2) is 41.3 Å². The van der Waals surface area contributed by atoms with Crippen molar-refractivity contribution in [2.75, 3.05) is 6.61 Å². The molecule has 0 unspecified atom stereocenters. The maximum absolute atomic E-state index is 12.6. The summed E-state index contributed by atoms with van der Waals surface area (Å²) in [6.07, 6.45) is -3.75. The first-order valence-electron chi connectivity index (χ1n) is 6.13. The summed E-state index contributed by atoms with van der Waals surface area (Å²) in [5.74, 6) is 0.339. The van der Waals surface area contributed by atoms with Crippen molar-refractivity contribution < 1.29 is 17.9 Å². The molecule has 2 aromatic rings. The van der Waals surface area contributed by atoms with E-state index in [0.29, 0.717) is 10.8 Å². The fraction of sp³-hybridized carbons (Fsp3) is 0.214. The summed E-state index contributed by atoms with van der Waals surface area (Å²) in [5, 5.41) is 0.718. The Balaban J connectivity index is 2.07. The number of hydrogen-bond acceptors (Lipinski definition) is 2. The third kappa shape index (κ3) is 4.18. The van der Waals surface area contributed by atoms with E-state index in [1.807, 2.05) is 0 Å². The average Bonchev–Trinajstić information content (AvgIpc) is 2.42. The Hall–Kier alpha value is -1.66. The minimum Gasteiger partial charge on any atom is -0.490 e. The molecule has 2 rings (SSSR count). The smallest absolute Gasteiger partial charge is 0.417 e. The molecule has 22 heavy (non-hydrogen) atoms. The number of pyridine rings is 1. The molecule has 8 heteroatoms. The molecule has 3 nitrogen and oxygen atoms in total. The van der Waals surface area contributed by atoms with Crippen molar-refractivity contribution in [3.05, 3.63) is 62.5 Å². The van der Waals surface area contributed by atoms with Crippen LogP contribution in [0.1, 0.15) is 5.56 Å². The zero-order valence-electron chi connectivity index (χ0n) is 11.0. The lowest BCUT2D eigenvalue weighted by atomic mass is 10.3. The van der Waals surface area contributed by atoms with Crippen LogP contribution in [0.3, 0.4) is 0 Å². The van der Waals surface area contributed by atoms with Gasteiger partial charge in [0.05, 0.1) is 17.1 Å². The van der Waals surface area contributed by atoms with Crippen LogP contribution in [-0.4, -0.2) is 11.2 Å². The highest BCUT2D eigenvalue weighted by atomic mass is 35.5. The van der Waals surface area contributed by atoms with Gasteiger partial charge >= 0.3 is 6.18 Å². The van der Waals surface area contributed by atoms with Crippen LogP contribution in [0.25, 0.3) is 0 Å². The normalized spacial score (nSPS) is 11.5. The molecule has 0 atom stereocenters. The molecule has 0 aliphatic heterocycles. The Morgan fingerprint density at radius 3 is 2.50 bits per heavy atom. The van der Waals surface area contributed by atoms with Crippen LogP contribution in [-0.2, 0) is 12.7 Å². The van der Waals surface area contributed by atoms with Crippen molar-refractivity contribution in [1.29, 1.82) is 0 Å². The van der Waals surface area contributed by atoms with Crippen molar-refractivity contribution in [2.45, 2.75) is 12.7 Å². The lowest BCUT2D eigenvalue weighted by Crippen LogP contribution is -2.24. The van der Waals surface area contributed by atoms with Gasteiger partial charge in [0.15, 0.2) is 0 Å². The summed E-state index contributed by atoms with van der Waals surface area (Å²) in [6, 6.07) is 6.21. The minimum absolute atomic E-state index is 0.0113. The van der Waals surface area contributed by atoms with E-state index in [1.165, 1.54) is 6.07 Å². The maximum Gasteiger partial charge on any atom is 0.417 e. The van der Waals surface area contributed by atoms with Crippen LogP contribution < -0.4 is 10.3 Å². The van der Waals surface area contributed by atoms with Crippen LogP contribution >= 0.6 is 23.2 Å². The second-order valence-corrected chi connectivity index (χ2v) is 5.21. The van der Waals surface area contributed by atoms with Gasteiger partial charge in [-0.1, -0.05) is 23.2 Å². The van der Waals surface area contributed by atoms with E-state index in [4.69, 9.17) is 27.9 Å². The van der Waals surface area contributed by atoms with Gasteiger partial charge in [0.25, 0.3) is 5.56 Å².